The molecular formula is C9H14O2. The molecule has 0 amide bonds. The van der Waals surface area contributed by atoms with Gasteiger partial charge < -0.3 is 9.84 Å². The highest BCUT2D eigenvalue weighted by Gasteiger charge is 2.50. The average Bonchev–Trinajstić information content (AvgIpc) is 1.79. The highest BCUT2D eigenvalue weighted by molar-refractivity contribution is 5.01. The largest absolute Gasteiger partial charge is 0.390 e. The smallest absolute Gasteiger partial charge is 0.0699 e. The van der Waals surface area contributed by atoms with Crippen molar-refractivity contribution in [2.24, 2.45) is 5.92 Å². The van der Waals surface area contributed by atoms with E-state index in [9.17, 15) is 5.11 Å². The van der Waals surface area contributed by atoms with Gasteiger partial charge in [-0.25, -0.2) is 0 Å². The Morgan fingerprint density at radius 2 is 1.73 bits per heavy atom. The molecule has 0 aromatic rings. The van der Waals surface area contributed by atoms with E-state index in [-0.39, 0.29) is 5.60 Å². The summed E-state index contributed by atoms with van der Waals surface area (Å²) in [6.07, 6.45) is 6.05. The number of hydrogen-bond acceptors (Lipinski definition) is 2. The summed E-state index contributed by atoms with van der Waals surface area (Å²) >= 11 is 0. The number of ether oxygens (including phenoxy) is 1. The van der Waals surface area contributed by atoms with E-state index in [4.69, 9.17) is 4.74 Å². The third kappa shape index (κ3) is 0.859. The normalized spacial score (nSPS) is 60.3. The molecule has 0 aromatic heterocycles. The zero-order chi connectivity index (χ0) is 7.47. The van der Waals surface area contributed by atoms with Gasteiger partial charge >= 0.3 is 0 Å². The lowest BCUT2D eigenvalue weighted by atomic mass is 9.65. The van der Waals surface area contributed by atoms with Gasteiger partial charge in [-0.1, -0.05) is 0 Å². The maximum atomic E-state index is 10.0. The van der Waals surface area contributed by atoms with E-state index >= 15 is 0 Å². The first-order valence-electron chi connectivity index (χ1n) is 4.61. The van der Waals surface area contributed by atoms with Gasteiger partial charge in [0, 0.05) is 12.8 Å². The summed E-state index contributed by atoms with van der Waals surface area (Å²) in [5.41, 5.74) is -0.325. The highest BCUT2D eigenvalue weighted by atomic mass is 16.5. The number of rotatable bonds is 0. The molecule has 2 nitrogen and oxygen atoms in total. The van der Waals surface area contributed by atoms with Crippen molar-refractivity contribution in [2.75, 3.05) is 0 Å². The van der Waals surface area contributed by atoms with Crippen LogP contribution >= 0.6 is 0 Å². The van der Waals surface area contributed by atoms with E-state index < -0.39 is 0 Å². The van der Waals surface area contributed by atoms with Crippen LogP contribution in [-0.4, -0.2) is 22.9 Å². The molecule has 0 radical (unpaired) electrons. The Bertz CT molecular complexity index is 153. The molecule has 11 heavy (non-hydrogen) atoms. The maximum Gasteiger partial charge on any atom is 0.0699 e. The van der Waals surface area contributed by atoms with Crippen LogP contribution in [0.5, 0.6) is 0 Å². The summed E-state index contributed by atoms with van der Waals surface area (Å²) in [6.45, 7) is 0. The van der Waals surface area contributed by atoms with Gasteiger partial charge in [-0.15, -0.1) is 0 Å². The average molecular weight is 154 g/mol. The second-order valence-electron chi connectivity index (χ2n) is 4.55. The third-order valence-electron chi connectivity index (χ3n) is 3.46. The summed E-state index contributed by atoms with van der Waals surface area (Å²) < 4.78 is 5.73. The first-order chi connectivity index (χ1) is 5.23. The Labute approximate surface area is 66.5 Å². The topological polar surface area (TPSA) is 29.5 Å². The summed E-state index contributed by atoms with van der Waals surface area (Å²) in [5.74, 6) is 0.770. The van der Waals surface area contributed by atoms with Crippen LogP contribution in [0.3, 0.4) is 0 Å². The fourth-order valence-corrected chi connectivity index (χ4v) is 3.29. The number of aliphatic hydroxyl groups is 1. The summed E-state index contributed by atoms with van der Waals surface area (Å²) in [4.78, 5) is 0. The second kappa shape index (κ2) is 1.80. The molecule has 4 fully saturated rings. The van der Waals surface area contributed by atoms with Crippen LogP contribution in [-0.2, 0) is 4.74 Å². The van der Waals surface area contributed by atoms with Crippen molar-refractivity contribution in [1.29, 1.82) is 0 Å². The zero-order valence-electron chi connectivity index (χ0n) is 6.62. The molecule has 2 aliphatic carbocycles. The van der Waals surface area contributed by atoms with E-state index in [1.165, 1.54) is 12.8 Å². The SMILES string of the molecule is OC12CC3C[C@@H](C1)O[C@@H](C3)C2. The van der Waals surface area contributed by atoms with Crippen molar-refractivity contribution in [1.82, 2.24) is 0 Å². The summed E-state index contributed by atoms with van der Waals surface area (Å²) in [7, 11) is 0. The Morgan fingerprint density at radius 1 is 1.09 bits per heavy atom. The maximum absolute atomic E-state index is 10.0. The molecular weight excluding hydrogens is 140 g/mol. The molecule has 62 valence electrons. The van der Waals surface area contributed by atoms with Gasteiger partial charge in [0.1, 0.15) is 0 Å². The van der Waals surface area contributed by atoms with Gasteiger partial charge in [0.25, 0.3) is 0 Å². The van der Waals surface area contributed by atoms with E-state index in [0.717, 1.165) is 25.2 Å². The van der Waals surface area contributed by atoms with Crippen LogP contribution in [0.25, 0.3) is 0 Å². The molecule has 2 saturated heterocycles. The minimum atomic E-state index is -0.325. The molecule has 2 heterocycles. The molecule has 4 aliphatic rings. The minimum Gasteiger partial charge on any atom is -0.390 e. The van der Waals surface area contributed by atoms with E-state index in [1.54, 1.807) is 0 Å². The molecule has 2 saturated carbocycles. The van der Waals surface area contributed by atoms with Gasteiger partial charge in [0.2, 0.25) is 0 Å². The van der Waals surface area contributed by atoms with Crippen molar-refractivity contribution in [3.63, 3.8) is 0 Å². The van der Waals surface area contributed by atoms with Gasteiger partial charge in [-0.05, 0) is 25.2 Å². The van der Waals surface area contributed by atoms with Gasteiger partial charge in [0.15, 0.2) is 0 Å². The molecule has 4 rings (SSSR count). The Balaban J connectivity index is 1.94. The monoisotopic (exact) mass is 154 g/mol. The van der Waals surface area contributed by atoms with E-state index in [2.05, 4.69) is 0 Å². The van der Waals surface area contributed by atoms with Crippen molar-refractivity contribution in [3.05, 3.63) is 0 Å². The lowest BCUT2D eigenvalue weighted by molar-refractivity contribution is -0.219. The first kappa shape index (κ1) is 6.44. The fourth-order valence-electron chi connectivity index (χ4n) is 3.29. The van der Waals surface area contributed by atoms with Crippen molar-refractivity contribution >= 4 is 0 Å². The Kier molecular flexibility index (Phi) is 1.06. The summed E-state index contributed by atoms with van der Waals surface area (Å²) in [6, 6.07) is 0. The van der Waals surface area contributed by atoms with Crippen LogP contribution in [0.2, 0.25) is 0 Å². The van der Waals surface area contributed by atoms with E-state index in [1.807, 2.05) is 0 Å². The fraction of sp³-hybridized carbons (Fsp3) is 1.00. The predicted molar refractivity (Wildman–Crippen MR) is 40.2 cm³/mol. The molecule has 1 N–H and O–H groups in total. The predicted octanol–water partition coefficient (Wildman–Crippen LogP) is 1.08. The highest BCUT2D eigenvalue weighted by Crippen LogP contribution is 2.49. The summed E-state index contributed by atoms with van der Waals surface area (Å²) in [5, 5.41) is 10.0. The lowest BCUT2D eigenvalue weighted by Crippen LogP contribution is -2.55. The quantitative estimate of drug-likeness (QED) is 0.565. The van der Waals surface area contributed by atoms with Crippen LogP contribution in [0.15, 0.2) is 0 Å². The number of hydrogen-bond donors (Lipinski definition) is 1. The minimum absolute atomic E-state index is 0.325. The molecule has 0 unspecified atom stereocenters. The third-order valence-corrected chi connectivity index (χ3v) is 3.46. The standard InChI is InChI=1S/C9H14O2/c10-9-3-6-1-7(4-9)11-8(2-6)5-9/h6-8,10H,1-5H2/t6?,7-,8-,9?/m0/s1. The van der Waals surface area contributed by atoms with Crippen LogP contribution in [0.4, 0.5) is 0 Å². The van der Waals surface area contributed by atoms with Crippen LogP contribution in [0.1, 0.15) is 32.1 Å². The molecule has 0 spiro atoms. The van der Waals surface area contributed by atoms with Crippen LogP contribution < -0.4 is 0 Å². The second-order valence-corrected chi connectivity index (χ2v) is 4.55. The van der Waals surface area contributed by atoms with Crippen molar-refractivity contribution in [2.45, 2.75) is 49.9 Å². The van der Waals surface area contributed by atoms with Gasteiger partial charge in [-0.3, -0.25) is 0 Å². The lowest BCUT2D eigenvalue weighted by Gasteiger charge is -2.53. The molecule has 2 aliphatic heterocycles. The van der Waals surface area contributed by atoms with E-state index in [0.29, 0.717) is 12.2 Å². The van der Waals surface area contributed by atoms with Crippen LogP contribution in [0, 0.1) is 5.92 Å². The molecule has 4 bridgehead atoms. The first-order valence-corrected chi connectivity index (χ1v) is 4.61. The van der Waals surface area contributed by atoms with Crippen molar-refractivity contribution in [3.8, 4) is 0 Å². The van der Waals surface area contributed by atoms with Gasteiger partial charge in [-0.2, -0.15) is 0 Å². The van der Waals surface area contributed by atoms with Crippen molar-refractivity contribution < 1.29 is 9.84 Å². The Morgan fingerprint density at radius 3 is 2.18 bits per heavy atom. The zero-order valence-corrected chi connectivity index (χ0v) is 6.62. The molecule has 2 atom stereocenters. The van der Waals surface area contributed by atoms with Gasteiger partial charge in [0.05, 0.1) is 17.8 Å². The Hall–Kier alpha value is -0.0800. The molecule has 0 aromatic carbocycles. The molecule has 2 heteroatoms.